The summed E-state index contributed by atoms with van der Waals surface area (Å²) in [7, 11) is 1.35. The molecular weight excluding hydrogens is 300 g/mol. The Morgan fingerprint density at radius 2 is 2.05 bits per heavy atom. The summed E-state index contributed by atoms with van der Waals surface area (Å²) in [6.45, 7) is 0. The number of rotatable bonds is 4. The molecule has 22 heavy (non-hydrogen) atoms. The largest absolute Gasteiger partial charge is 0.465 e. The van der Waals surface area contributed by atoms with Crippen LogP contribution in [0.15, 0.2) is 46.3 Å². The average molecular weight is 312 g/mol. The summed E-state index contributed by atoms with van der Waals surface area (Å²) >= 11 is 1.63. The summed E-state index contributed by atoms with van der Waals surface area (Å²) in [6.07, 6.45) is 3.69. The third-order valence-electron chi connectivity index (χ3n) is 2.94. The third kappa shape index (κ3) is 3.12. The van der Waals surface area contributed by atoms with Crippen molar-refractivity contribution in [2.75, 3.05) is 7.11 Å². The molecule has 110 valence electrons. The number of carbonyl (C=O) groups excluding carboxylic acids is 1. The van der Waals surface area contributed by atoms with E-state index in [2.05, 4.69) is 14.9 Å². The van der Waals surface area contributed by atoms with Gasteiger partial charge in [0.15, 0.2) is 0 Å². The Kier molecular flexibility index (Phi) is 4.11. The lowest BCUT2D eigenvalue weighted by Gasteiger charge is -1.99. The molecule has 3 rings (SSSR count). The fourth-order valence-electron chi connectivity index (χ4n) is 1.83. The van der Waals surface area contributed by atoms with Crippen LogP contribution in [0.2, 0.25) is 0 Å². The van der Waals surface area contributed by atoms with Gasteiger partial charge in [-0.15, -0.1) is 11.3 Å². The van der Waals surface area contributed by atoms with E-state index in [0.29, 0.717) is 17.3 Å². The second-order valence-corrected chi connectivity index (χ2v) is 5.35. The van der Waals surface area contributed by atoms with Gasteiger partial charge in [0.1, 0.15) is 0 Å². The SMILES string of the molecule is COC(=O)c1ccc(-c2noc(/C=C/c3cccs3)n2)cc1. The van der Waals surface area contributed by atoms with Gasteiger partial charge < -0.3 is 9.26 Å². The molecule has 0 unspecified atom stereocenters. The molecular formula is C16H12N2O3S. The van der Waals surface area contributed by atoms with E-state index < -0.39 is 0 Å². The van der Waals surface area contributed by atoms with Crippen molar-refractivity contribution in [3.05, 3.63) is 58.1 Å². The number of thiophene rings is 1. The molecule has 0 radical (unpaired) electrons. The molecule has 0 N–H and O–H groups in total. The van der Waals surface area contributed by atoms with Gasteiger partial charge in [-0.3, -0.25) is 0 Å². The van der Waals surface area contributed by atoms with Crippen LogP contribution in [0.3, 0.4) is 0 Å². The minimum Gasteiger partial charge on any atom is -0.465 e. The Hall–Kier alpha value is -2.73. The van der Waals surface area contributed by atoms with Gasteiger partial charge in [-0.2, -0.15) is 4.98 Å². The molecule has 5 nitrogen and oxygen atoms in total. The lowest BCUT2D eigenvalue weighted by Crippen LogP contribution is -2.00. The highest BCUT2D eigenvalue weighted by molar-refractivity contribution is 7.10. The van der Waals surface area contributed by atoms with Gasteiger partial charge in [-0.05, 0) is 29.7 Å². The maximum absolute atomic E-state index is 11.4. The van der Waals surface area contributed by atoms with E-state index >= 15 is 0 Å². The zero-order valence-electron chi connectivity index (χ0n) is 11.7. The quantitative estimate of drug-likeness (QED) is 0.686. The van der Waals surface area contributed by atoms with E-state index in [1.165, 1.54) is 7.11 Å². The fourth-order valence-corrected chi connectivity index (χ4v) is 2.45. The molecule has 0 saturated carbocycles. The average Bonchev–Trinajstić information content (AvgIpc) is 3.24. The molecule has 3 aromatic rings. The predicted octanol–water partition coefficient (Wildman–Crippen LogP) is 3.76. The van der Waals surface area contributed by atoms with E-state index in [4.69, 9.17) is 4.52 Å². The summed E-state index contributed by atoms with van der Waals surface area (Å²) < 4.78 is 9.84. The lowest BCUT2D eigenvalue weighted by atomic mass is 10.1. The Bertz CT molecular complexity index is 789. The highest BCUT2D eigenvalue weighted by Crippen LogP contribution is 2.18. The number of hydrogen-bond acceptors (Lipinski definition) is 6. The zero-order valence-corrected chi connectivity index (χ0v) is 12.5. The Balaban J connectivity index is 1.77. The van der Waals surface area contributed by atoms with Crippen LogP contribution in [0.4, 0.5) is 0 Å². The molecule has 0 spiro atoms. The fraction of sp³-hybridized carbons (Fsp3) is 0.0625. The van der Waals surface area contributed by atoms with Crippen molar-refractivity contribution >= 4 is 29.5 Å². The minimum absolute atomic E-state index is 0.376. The molecule has 0 saturated heterocycles. The van der Waals surface area contributed by atoms with Crippen molar-refractivity contribution in [1.82, 2.24) is 10.1 Å². The number of nitrogens with zero attached hydrogens (tertiary/aromatic N) is 2. The van der Waals surface area contributed by atoms with Gasteiger partial charge in [0.25, 0.3) is 5.89 Å². The van der Waals surface area contributed by atoms with Crippen molar-refractivity contribution in [3.8, 4) is 11.4 Å². The number of carbonyl (C=O) groups is 1. The number of aromatic nitrogens is 2. The molecule has 0 aliphatic carbocycles. The molecule has 0 aliphatic rings. The molecule has 0 aliphatic heterocycles. The van der Waals surface area contributed by atoms with Gasteiger partial charge in [0, 0.05) is 16.5 Å². The van der Waals surface area contributed by atoms with Crippen molar-refractivity contribution in [1.29, 1.82) is 0 Å². The minimum atomic E-state index is -0.376. The molecule has 0 bridgehead atoms. The summed E-state index contributed by atoms with van der Waals surface area (Å²) in [5.74, 6) is 0.530. The molecule has 2 aromatic heterocycles. The molecule has 0 amide bonds. The van der Waals surface area contributed by atoms with Gasteiger partial charge in [0.2, 0.25) is 5.82 Å². The van der Waals surface area contributed by atoms with Crippen LogP contribution in [0.5, 0.6) is 0 Å². The lowest BCUT2D eigenvalue weighted by molar-refractivity contribution is 0.0601. The highest BCUT2D eigenvalue weighted by Gasteiger charge is 2.09. The highest BCUT2D eigenvalue weighted by atomic mass is 32.1. The molecule has 0 fully saturated rings. The van der Waals surface area contributed by atoms with Crippen LogP contribution in [0.25, 0.3) is 23.5 Å². The molecule has 0 atom stereocenters. The molecule has 1 aromatic carbocycles. The Morgan fingerprint density at radius 3 is 2.73 bits per heavy atom. The summed E-state index contributed by atoms with van der Waals surface area (Å²) in [6, 6.07) is 10.8. The number of ether oxygens (including phenoxy) is 1. The first kappa shape index (κ1) is 14.2. The standard InChI is InChI=1S/C16H12N2O3S/c1-20-16(19)12-6-4-11(5-7-12)15-17-14(21-18-15)9-8-13-3-2-10-22-13/h2-10H,1H3/b9-8+. The monoisotopic (exact) mass is 312 g/mol. The van der Waals surface area contributed by atoms with Crippen LogP contribution < -0.4 is 0 Å². The van der Waals surface area contributed by atoms with Crippen molar-refractivity contribution in [2.24, 2.45) is 0 Å². The number of benzene rings is 1. The van der Waals surface area contributed by atoms with Gasteiger partial charge in [0.05, 0.1) is 12.7 Å². The van der Waals surface area contributed by atoms with Crippen molar-refractivity contribution in [3.63, 3.8) is 0 Å². The van der Waals surface area contributed by atoms with Crippen LogP contribution >= 0.6 is 11.3 Å². The number of methoxy groups -OCH3 is 1. The maximum atomic E-state index is 11.4. The summed E-state index contributed by atoms with van der Waals surface area (Å²) in [4.78, 5) is 16.8. The van der Waals surface area contributed by atoms with Crippen molar-refractivity contribution in [2.45, 2.75) is 0 Å². The van der Waals surface area contributed by atoms with E-state index in [0.717, 1.165) is 10.4 Å². The second-order valence-electron chi connectivity index (χ2n) is 4.37. The van der Waals surface area contributed by atoms with E-state index in [1.54, 1.807) is 41.7 Å². The maximum Gasteiger partial charge on any atom is 0.337 e. The number of esters is 1. The third-order valence-corrected chi connectivity index (χ3v) is 3.78. The van der Waals surface area contributed by atoms with E-state index in [1.807, 2.05) is 23.6 Å². The Labute approximate surface area is 130 Å². The summed E-state index contributed by atoms with van der Waals surface area (Å²) in [5, 5.41) is 5.93. The smallest absolute Gasteiger partial charge is 0.337 e. The van der Waals surface area contributed by atoms with Crippen LogP contribution in [0.1, 0.15) is 21.1 Å². The van der Waals surface area contributed by atoms with Crippen LogP contribution in [-0.2, 0) is 4.74 Å². The predicted molar refractivity (Wildman–Crippen MR) is 84.3 cm³/mol. The Morgan fingerprint density at radius 1 is 1.23 bits per heavy atom. The zero-order chi connectivity index (χ0) is 15.4. The van der Waals surface area contributed by atoms with E-state index in [-0.39, 0.29) is 5.97 Å². The van der Waals surface area contributed by atoms with Crippen molar-refractivity contribution < 1.29 is 14.1 Å². The van der Waals surface area contributed by atoms with Crippen LogP contribution in [0, 0.1) is 0 Å². The second kappa shape index (κ2) is 6.36. The molecule has 2 heterocycles. The van der Waals surface area contributed by atoms with Gasteiger partial charge in [-0.1, -0.05) is 23.4 Å². The normalized spacial score (nSPS) is 11.0. The van der Waals surface area contributed by atoms with E-state index in [9.17, 15) is 4.79 Å². The summed E-state index contributed by atoms with van der Waals surface area (Å²) in [5.41, 5.74) is 1.25. The first-order valence-electron chi connectivity index (χ1n) is 6.50. The topological polar surface area (TPSA) is 65.2 Å². The van der Waals surface area contributed by atoms with Gasteiger partial charge >= 0.3 is 5.97 Å². The number of hydrogen-bond donors (Lipinski definition) is 0. The first-order valence-corrected chi connectivity index (χ1v) is 7.38. The van der Waals surface area contributed by atoms with Crippen LogP contribution in [-0.4, -0.2) is 23.2 Å². The first-order chi connectivity index (χ1) is 10.8. The molecule has 6 heteroatoms. The van der Waals surface area contributed by atoms with Gasteiger partial charge in [-0.25, -0.2) is 4.79 Å².